The van der Waals surface area contributed by atoms with Crippen LogP contribution in [0.5, 0.6) is 0 Å². The molecule has 1 amide bonds. The maximum absolute atomic E-state index is 10.0. The highest BCUT2D eigenvalue weighted by molar-refractivity contribution is 7.16. The summed E-state index contributed by atoms with van der Waals surface area (Å²) in [5, 5.41) is 7.86. The minimum atomic E-state index is -0.338. The molecule has 0 aliphatic carbocycles. The highest BCUT2D eigenvalue weighted by Gasteiger charge is 1.91. The zero-order valence-corrected chi connectivity index (χ0v) is 5.00. The largest absolute Gasteiger partial charge is 0.289 e. The van der Waals surface area contributed by atoms with E-state index in [2.05, 4.69) is 9.24 Å². The molecule has 0 rings (SSSR count). The van der Waals surface area contributed by atoms with Gasteiger partial charge in [0.25, 0.3) is 0 Å². The van der Waals surface area contributed by atoms with E-state index in [0.29, 0.717) is 12.6 Å². The normalized spacial score (nSPS) is 8.29. The van der Waals surface area contributed by atoms with Crippen molar-refractivity contribution in [2.24, 2.45) is 0 Å². The predicted octanol–water partition coefficient (Wildman–Crippen LogP) is -0.243. The fourth-order valence-corrected chi connectivity index (χ4v) is 0.449. The van der Waals surface area contributed by atoms with Crippen molar-refractivity contribution in [1.29, 1.82) is 0 Å². The third-order valence-electron chi connectivity index (χ3n) is 0.496. The summed E-state index contributed by atoms with van der Waals surface area (Å²) in [6, 6.07) is 0. The molecule has 2 N–H and O–H groups in total. The van der Waals surface area contributed by atoms with Gasteiger partial charge in [-0.15, -0.1) is 9.24 Å². The smallest absolute Gasteiger partial charge is 0.243 e. The van der Waals surface area contributed by atoms with Crippen molar-refractivity contribution in [3.63, 3.8) is 0 Å². The van der Waals surface area contributed by atoms with Crippen LogP contribution in [0.2, 0.25) is 0 Å². The van der Waals surface area contributed by atoms with Gasteiger partial charge in [-0.1, -0.05) is 0 Å². The maximum Gasteiger partial charge on any atom is 0.243 e. The molecule has 0 aromatic rings. The van der Waals surface area contributed by atoms with E-state index in [1.807, 2.05) is 0 Å². The summed E-state index contributed by atoms with van der Waals surface area (Å²) in [5.41, 5.74) is 1.51. The molecular formula is C3H8NO2P. The van der Waals surface area contributed by atoms with Crippen molar-refractivity contribution < 1.29 is 10.0 Å². The Morgan fingerprint density at radius 3 is 2.57 bits per heavy atom. The second-order valence-electron chi connectivity index (χ2n) is 1.07. The Morgan fingerprint density at radius 1 is 1.86 bits per heavy atom. The molecule has 42 valence electrons. The molecule has 0 radical (unpaired) electrons. The average Bonchev–Trinajstić information content (AvgIpc) is 1.68. The van der Waals surface area contributed by atoms with E-state index in [4.69, 9.17) is 5.21 Å². The standard InChI is InChI=1S/C3H8NO2P/c5-3(4-6)1-2-7/h6H,1-2,7H2,(H,4,5). The van der Waals surface area contributed by atoms with E-state index in [1.54, 1.807) is 0 Å². The molecule has 0 aromatic heterocycles. The second kappa shape index (κ2) is 4.03. The summed E-state index contributed by atoms with van der Waals surface area (Å²) >= 11 is 0. The number of hydroxylamine groups is 1. The Morgan fingerprint density at radius 2 is 2.43 bits per heavy atom. The van der Waals surface area contributed by atoms with Crippen LogP contribution in [0.25, 0.3) is 0 Å². The first-order chi connectivity index (χ1) is 3.31. The van der Waals surface area contributed by atoms with Crippen LogP contribution < -0.4 is 5.48 Å². The summed E-state index contributed by atoms with van der Waals surface area (Å²) < 4.78 is 0. The van der Waals surface area contributed by atoms with Gasteiger partial charge in [0, 0.05) is 6.42 Å². The predicted molar refractivity (Wildman–Crippen MR) is 29.1 cm³/mol. The molecule has 0 bridgehead atoms. The van der Waals surface area contributed by atoms with Gasteiger partial charge in [0.2, 0.25) is 5.91 Å². The zero-order chi connectivity index (χ0) is 5.70. The first-order valence-corrected chi connectivity index (χ1v) is 2.76. The summed E-state index contributed by atoms with van der Waals surface area (Å²) in [4.78, 5) is 10.0. The molecule has 0 aliphatic heterocycles. The molecule has 4 heteroatoms. The third kappa shape index (κ3) is 3.70. The van der Waals surface area contributed by atoms with Crippen LogP contribution in [0.1, 0.15) is 6.42 Å². The van der Waals surface area contributed by atoms with Crippen LogP contribution >= 0.6 is 9.24 Å². The number of hydrogen-bond donors (Lipinski definition) is 2. The van der Waals surface area contributed by atoms with Crippen molar-refractivity contribution in [3.8, 4) is 0 Å². The van der Waals surface area contributed by atoms with Crippen LogP contribution in [0, 0.1) is 0 Å². The van der Waals surface area contributed by atoms with Crippen LogP contribution in [0.4, 0.5) is 0 Å². The van der Waals surface area contributed by atoms with Crippen LogP contribution in [0.3, 0.4) is 0 Å². The highest BCUT2D eigenvalue weighted by Crippen LogP contribution is 1.84. The number of hydrogen-bond acceptors (Lipinski definition) is 2. The lowest BCUT2D eigenvalue weighted by Gasteiger charge is -1.89. The highest BCUT2D eigenvalue weighted by atomic mass is 31.0. The molecule has 3 nitrogen and oxygen atoms in total. The van der Waals surface area contributed by atoms with Crippen LogP contribution in [-0.2, 0) is 4.79 Å². The van der Waals surface area contributed by atoms with Gasteiger partial charge in [-0.25, -0.2) is 5.48 Å². The monoisotopic (exact) mass is 121 g/mol. The second-order valence-corrected chi connectivity index (χ2v) is 1.65. The van der Waals surface area contributed by atoms with Crippen molar-refractivity contribution >= 4 is 15.1 Å². The minimum Gasteiger partial charge on any atom is -0.289 e. The van der Waals surface area contributed by atoms with Crippen molar-refractivity contribution in [2.75, 3.05) is 6.16 Å². The Balaban J connectivity index is 3.00. The Labute approximate surface area is 44.3 Å². The van der Waals surface area contributed by atoms with Crippen LogP contribution in [-0.4, -0.2) is 17.3 Å². The van der Waals surface area contributed by atoms with E-state index >= 15 is 0 Å². The summed E-state index contributed by atoms with van der Waals surface area (Å²) in [5.74, 6) is -0.338. The number of carbonyl (C=O) groups excluding carboxylic acids is 1. The fourth-order valence-electron chi connectivity index (χ4n) is 0.187. The van der Waals surface area contributed by atoms with Gasteiger partial charge < -0.3 is 0 Å². The Hall–Kier alpha value is -0.140. The molecule has 0 heterocycles. The number of nitrogens with one attached hydrogen (secondary N) is 1. The maximum atomic E-state index is 10.0. The van der Waals surface area contributed by atoms with E-state index in [1.165, 1.54) is 5.48 Å². The quantitative estimate of drug-likeness (QED) is 0.301. The lowest BCUT2D eigenvalue weighted by molar-refractivity contribution is -0.128. The molecule has 0 saturated carbocycles. The van der Waals surface area contributed by atoms with Gasteiger partial charge in [-0.3, -0.25) is 10.0 Å². The zero-order valence-electron chi connectivity index (χ0n) is 3.85. The lowest BCUT2D eigenvalue weighted by atomic mass is 10.5. The Kier molecular flexibility index (Phi) is 3.95. The van der Waals surface area contributed by atoms with Gasteiger partial charge in [0.05, 0.1) is 0 Å². The third-order valence-corrected chi connectivity index (χ3v) is 0.785. The van der Waals surface area contributed by atoms with E-state index in [0.717, 1.165) is 0 Å². The fraction of sp³-hybridized carbons (Fsp3) is 0.667. The molecule has 0 aliphatic rings. The van der Waals surface area contributed by atoms with Gasteiger partial charge in [0.15, 0.2) is 0 Å². The molecule has 0 spiro atoms. The summed E-state index contributed by atoms with van der Waals surface area (Å²) in [6.07, 6.45) is 1.05. The van der Waals surface area contributed by atoms with Gasteiger partial charge in [0.1, 0.15) is 0 Å². The molecular weight excluding hydrogens is 113 g/mol. The van der Waals surface area contributed by atoms with Crippen molar-refractivity contribution in [1.82, 2.24) is 5.48 Å². The number of amides is 1. The van der Waals surface area contributed by atoms with Crippen molar-refractivity contribution in [3.05, 3.63) is 0 Å². The van der Waals surface area contributed by atoms with Crippen LogP contribution in [0.15, 0.2) is 0 Å². The summed E-state index contributed by atoms with van der Waals surface area (Å²) in [7, 11) is 2.38. The molecule has 1 unspecified atom stereocenters. The van der Waals surface area contributed by atoms with Gasteiger partial charge in [-0.2, -0.15) is 0 Å². The summed E-state index contributed by atoms with van der Waals surface area (Å²) in [6.45, 7) is 0. The first kappa shape index (κ1) is 6.86. The van der Waals surface area contributed by atoms with E-state index < -0.39 is 0 Å². The minimum absolute atomic E-state index is 0.338. The van der Waals surface area contributed by atoms with E-state index in [-0.39, 0.29) is 5.91 Å². The number of rotatable bonds is 2. The molecule has 0 aromatic carbocycles. The first-order valence-electron chi connectivity index (χ1n) is 1.94. The van der Waals surface area contributed by atoms with E-state index in [9.17, 15) is 4.79 Å². The molecule has 0 fully saturated rings. The SMILES string of the molecule is O=C(CCP)NO. The molecule has 1 atom stereocenters. The molecule has 0 saturated heterocycles. The number of carbonyl (C=O) groups is 1. The molecule has 7 heavy (non-hydrogen) atoms. The van der Waals surface area contributed by atoms with Gasteiger partial charge in [-0.05, 0) is 6.16 Å². The Bertz CT molecular complexity index is 66.0. The lowest BCUT2D eigenvalue weighted by Crippen LogP contribution is -2.18. The van der Waals surface area contributed by atoms with Gasteiger partial charge >= 0.3 is 0 Å². The average molecular weight is 121 g/mol. The van der Waals surface area contributed by atoms with Crippen molar-refractivity contribution in [2.45, 2.75) is 6.42 Å². The topological polar surface area (TPSA) is 49.3 Å².